The first-order valence-corrected chi connectivity index (χ1v) is 15.1. The number of benzene rings is 2. The van der Waals surface area contributed by atoms with Gasteiger partial charge in [0.2, 0.25) is 5.91 Å². The molecule has 1 atom stereocenters. The minimum atomic E-state index is -0.960. The quantitative estimate of drug-likeness (QED) is 0.371. The Kier molecular flexibility index (Phi) is 9.17. The van der Waals surface area contributed by atoms with Gasteiger partial charge in [-0.25, -0.2) is 9.78 Å². The number of aromatic nitrogens is 2. The smallest absolute Gasteiger partial charge is 0.410 e. The molecule has 238 valence electrons. The predicted octanol–water partition coefficient (Wildman–Crippen LogP) is 4.80. The van der Waals surface area contributed by atoms with Crippen molar-refractivity contribution in [2.24, 2.45) is 5.73 Å². The van der Waals surface area contributed by atoms with E-state index in [4.69, 9.17) is 38.4 Å². The van der Waals surface area contributed by atoms with Crippen LogP contribution in [0.2, 0.25) is 10.0 Å². The van der Waals surface area contributed by atoms with E-state index < -0.39 is 23.6 Å². The minimum Gasteiger partial charge on any atom is -0.494 e. The highest BCUT2D eigenvalue weighted by atomic mass is 35.5. The number of fused-ring (bicyclic) bond motifs is 1. The van der Waals surface area contributed by atoms with E-state index in [9.17, 15) is 14.4 Å². The molecule has 3 heterocycles. The zero-order valence-electron chi connectivity index (χ0n) is 25.4. The van der Waals surface area contributed by atoms with Gasteiger partial charge in [-0.05, 0) is 56.7 Å². The number of primary amides is 1. The number of nitrogens with two attached hydrogens (primary N) is 1. The zero-order valence-corrected chi connectivity index (χ0v) is 26.9. The van der Waals surface area contributed by atoms with Crippen LogP contribution in [0.25, 0.3) is 5.70 Å². The Morgan fingerprint density at radius 1 is 1.04 bits per heavy atom. The van der Waals surface area contributed by atoms with Gasteiger partial charge < -0.3 is 29.6 Å². The number of carbonyl (C=O) groups excluding carboxylic acids is 3. The van der Waals surface area contributed by atoms with E-state index >= 15 is 0 Å². The van der Waals surface area contributed by atoms with Crippen molar-refractivity contribution >= 4 is 52.5 Å². The molecule has 14 heteroatoms. The number of amides is 3. The largest absolute Gasteiger partial charge is 0.494 e. The lowest BCUT2D eigenvalue weighted by atomic mass is 10.1. The average molecular weight is 657 g/mol. The number of halogens is 2. The van der Waals surface area contributed by atoms with Crippen LogP contribution in [0.4, 0.5) is 10.5 Å². The molecule has 0 bridgehead atoms. The van der Waals surface area contributed by atoms with E-state index in [0.29, 0.717) is 65.5 Å². The summed E-state index contributed by atoms with van der Waals surface area (Å²) in [5, 5.41) is 2.57. The fraction of sp³-hybridized carbons (Fsp3) is 0.355. The van der Waals surface area contributed by atoms with Crippen molar-refractivity contribution in [3.05, 3.63) is 82.0 Å². The first-order valence-electron chi connectivity index (χ1n) is 14.3. The molecule has 0 saturated carbocycles. The summed E-state index contributed by atoms with van der Waals surface area (Å²) < 4.78 is 12.9. The molecule has 45 heavy (non-hydrogen) atoms. The van der Waals surface area contributed by atoms with Crippen molar-refractivity contribution in [1.82, 2.24) is 24.4 Å². The Morgan fingerprint density at radius 3 is 2.33 bits per heavy atom. The van der Waals surface area contributed by atoms with E-state index in [1.54, 1.807) is 74.4 Å². The molecule has 12 nitrogen and oxygen atoms in total. The summed E-state index contributed by atoms with van der Waals surface area (Å²) in [6, 6.07) is 9.33. The molecule has 3 aromatic rings. The molecular weight excluding hydrogens is 621 g/mol. The van der Waals surface area contributed by atoms with Gasteiger partial charge in [0.1, 0.15) is 17.2 Å². The van der Waals surface area contributed by atoms with Crippen LogP contribution in [-0.4, -0.2) is 81.2 Å². The Labute approximate surface area is 271 Å². The van der Waals surface area contributed by atoms with Gasteiger partial charge in [-0.15, -0.1) is 0 Å². The minimum absolute atomic E-state index is 0.197. The molecule has 3 N–H and O–H groups in total. The number of anilines is 1. The molecule has 0 aliphatic carbocycles. The van der Waals surface area contributed by atoms with Crippen LogP contribution in [0.5, 0.6) is 5.75 Å². The first kappa shape index (κ1) is 32.0. The van der Waals surface area contributed by atoms with Crippen LogP contribution in [0.3, 0.4) is 0 Å². The van der Waals surface area contributed by atoms with Crippen molar-refractivity contribution in [1.29, 1.82) is 0 Å². The van der Waals surface area contributed by atoms with Gasteiger partial charge in [-0.1, -0.05) is 29.3 Å². The summed E-state index contributed by atoms with van der Waals surface area (Å²) >= 11 is 12.9. The first-order chi connectivity index (χ1) is 21.4. The number of hydrazine groups is 1. The number of hydrogen-bond donors (Lipinski definition) is 2. The van der Waals surface area contributed by atoms with Crippen molar-refractivity contribution in [3.63, 3.8) is 0 Å². The van der Waals surface area contributed by atoms with E-state index in [1.807, 2.05) is 20.8 Å². The molecule has 5 rings (SSSR count). The third-order valence-corrected chi connectivity index (χ3v) is 8.10. The van der Waals surface area contributed by atoms with E-state index in [1.165, 1.54) is 7.11 Å². The predicted molar refractivity (Wildman–Crippen MR) is 171 cm³/mol. The topological polar surface area (TPSA) is 135 Å². The van der Waals surface area contributed by atoms with Crippen LogP contribution >= 0.6 is 23.2 Å². The second-order valence-electron chi connectivity index (χ2n) is 11.7. The molecule has 1 aromatic heterocycles. The summed E-state index contributed by atoms with van der Waals surface area (Å²) in [5.41, 5.74) is 10.8. The number of ether oxygens (including phenoxy) is 2. The Bertz CT molecular complexity index is 1620. The molecule has 1 saturated heterocycles. The van der Waals surface area contributed by atoms with Gasteiger partial charge >= 0.3 is 6.09 Å². The van der Waals surface area contributed by atoms with Gasteiger partial charge in [0, 0.05) is 72.5 Å². The van der Waals surface area contributed by atoms with Gasteiger partial charge in [0.05, 0.1) is 12.8 Å². The van der Waals surface area contributed by atoms with Crippen molar-refractivity contribution in [2.45, 2.75) is 38.8 Å². The second-order valence-corrected chi connectivity index (χ2v) is 12.5. The maximum Gasteiger partial charge on any atom is 0.410 e. The summed E-state index contributed by atoms with van der Waals surface area (Å²) in [7, 11) is 1.49. The molecule has 2 aliphatic rings. The maximum absolute atomic E-state index is 13.4. The molecule has 0 spiro atoms. The van der Waals surface area contributed by atoms with Crippen molar-refractivity contribution in [3.8, 4) is 5.75 Å². The van der Waals surface area contributed by atoms with Crippen molar-refractivity contribution in [2.75, 3.05) is 38.7 Å². The molecule has 2 aliphatic heterocycles. The number of methoxy groups -OCH3 is 1. The molecule has 1 fully saturated rings. The summed E-state index contributed by atoms with van der Waals surface area (Å²) in [5.74, 6) is -0.0451. The number of rotatable bonds is 7. The van der Waals surface area contributed by atoms with Crippen molar-refractivity contribution < 1.29 is 23.9 Å². The molecule has 3 amide bonds. The van der Waals surface area contributed by atoms with E-state index in [2.05, 4.69) is 10.4 Å². The number of hydrogen-bond acceptors (Lipinski definition) is 8. The van der Waals surface area contributed by atoms with Gasteiger partial charge in [-0.2, -0.15) is 0 Å². The maximum atomic E-state index is 13.4. The SMILES string of the molecule is COc1cc(C(=O)N2CCN(C(=O)OC(C)(C)C)CC2)ccc1NN1C=C(Cc2c(Cl)cccc2Cl)n2ccnc2C1C(N)=O. The number of imidazole rings is 1. The molecular formula is C31H35Cl2N7O5. The average Bonchev–Trinajstić information content (AvgIpc) is 3.48. The summed E-state index contributed by atoms with van der Waals surface area (Å²) in [4.78, 5) is 46.2. The standard InChI is InChI=1S/C31H35Cl2N7O5/c1-31(2,3)45-30(43)38-14-12-37(13-15-38)29(42)19-8-9-24(25(16-19)44-4)36-40-18-20(17-21-22(32)6-5-7-23(21)33)39-11-10-35-28(39)26(40)27(34)41/h5-11,16,18,26,36H,12-15,17H2,1-4H3,(H2,34,41). The Hall–Kier alpha value is -4.42. The molecule has 0 radical (unpaired) electrons. The number of nitrogens with zero attached hydrogens (tertiary/aromatic N) is 5. The lowest BCUT2D eigenvalue weighted by Gasteiger charge is -2.36. The molecule has 2 aromatic carbocycles. The van der Waals surface area contributed by atoms with E-state index in [-0.39, 0.29) is 5.91 Å². The molecule has 1 unspecified atom stereocenters. The highest BCUT2D eigenvalue weighted by Gasteiger charge is 2.34. The van der Waals surface area contributed by atoms with Gasteiger partial charge in [0.15, 0.2) is 6.04 Å². The third kappa shape index (κ3) is 6.97. The van der Waals surface area contributed by atoms with Crippen LogP contribution in [-0.2, 0) is 16.0 Å². The third-order valence-electron chi connectivity index (χ3n) is 7.40. The highest BCUT2D eigenvalue weighted by molar-refractivity contribution is 6.36. The second kappa shape index (κ2) is 12.9. The van der Waals surface area contributed by atoms with Gasteiger partial charge in [0.25, 0.3) is 5.91 Å². The summed E-state index contributed by atoms with van der Waals surface area (Å²) in [6.07, 6.45) is 5.02. The number of nitrogens with one attached hydrogen (secondary N) is 1. The lowest BCUT2D eigenvalue weighted by molar-refractivity contribution is -0.122. The lowest BCUT2D eigenvalue weighted by Crippen LogP contribution is -2.51. The zero-order chi connectivity index (χ0) is 32.5. The monoisotopic (exact) mass is 655 g/mol. The normalized spacial score (nSPS) is 16.5. The van der Waals surface area contributed by atoms with Gasteiger partial charge in [-0.3, -0.25) is 20.0 Å². The van der Waals surface area contributed by atoms with Crippen LogP contribution in [0.15, 0.2) is 55.0 Å². The number of allylic oxidation sites excluding steroid dienone is 1. The highest BCUT2D eigenvalue weighted by Crippen LogP contribution is 2.36. The number of carbonyl (C=O) groups is 3. The number of piperazine rings is 1. The summed E-state index contributed by atoms with van der Waals surface area (Å²) in [6.45, 7) is 6.91. The van der Waals surface area contributed by atoms with Crippen LogP contribution in [0, 0.1) is 0 Å². The Balaban J connectivity index is 1.36. The fourth-order valence-corrected chi connectivity index (χ4v) is 5.74. The van der Waals surface area contributed by atoms with Crippen LogP contribution < -0.4 is 15.9 Å². The van der Waals surface area contributed by atoms with E-state index in [0.717, 1.165) is 11.3 Å². The fourth-order valence-electron chi connectivity index (χ4n) is 5.21. The Morgan fingerprint density at radius 2 is 1.71 bits per heavy atom. The van der Waals surface area contributed by atoms with Crippen LogP contribution in [0.1, 0.15) is 48.6 Å².